The number of rotatable bonds is 9. The monoisotopic (exact) mass is 353 g/mol. The van der Waals surface area contributed by atoms with Gasteiger partial charge in [0.05, 0.1) is 0 Å². The van der Waals surface area contributed by atoms with Gasteiger partial charge in [0.25, 0.3) is 5.91 Å². The van der Waals surface area contributed by atoms with Crippen molar-refractivity contribution in [2.45, 2.75) is 25.8 Å². The molecule has 0 spiro atoms. The van der Waals surface area contributed by atoms with Crippen molar-refractivity contribution < 1.29 is 14.7 Å². The van der Waals surface area contributed by atoms with Crippen LogP contribution < -0.4 is 5.32 Å². The number of nitrogens with one attached hydrogen (secondary N) is 1. The Bertz CT molecular complexity index is 535. The van der Waals surface area contributed by atoms with Crippen LogP contribution in [0.1, 0.15) is 41.0 Å². The van der Waals surface area contributed by atoms with E-state index in [-0.39, 0.29) is 24.2 Å². The fraction of sp³-hybridized carbons (Fsp3) is 0.500. The quantitative estimate of drug-likeness (QED) is 0.358. The second kappa shape index (κ2) is 9.40. The van der Waals surface area contributed by atoms with Crippen LogP contribution in [-0.4, -0.2) is 47.6 Å². The summed E-state index contributed by atoms with van der Waals surface area (Å²) in [5.41, 5.74) is 0.625. The number of carbonyl (C=O) groups is 2. The number of amides is 1. The van der Waals surface area contributed by atoms with Gasteiger partial charge in [-0.2, -0.15) is 12.6 Å². The Morgan fingerprint density at radius 3 is 2.35 bits per heavy atom. The van der Waals surface area contributed by atoms with Gasteiger partial charge < -0.3 is 10.4 Å². The Balaban J connectivity index is 2.80. The van der Waals surface area contributed by atoms with Crippen LogP contribution in [0, 0.1) is 5.92 Å². The van der Waals surface area contributed by atoms with Gasteiger partial charge >= 0.3 is 0 Å². The first-order valence-electron chi connectivity index (χ1n) is 7.52. The van der Waals surface area contributed by atoms with Crippen LogP contribution >= 0.6 is 24.2 Å². The molecule has 0 aliphatic carbocycles. The molecule has 23 heavy (non-hydrogen) atoms. The minimum atomic E-state index is -0.476. The number of aliphatic hydroxyl groups is 1. The molecule has 2 N–H and O–H groups in total. The zero-order valence-electron chi connectivity index (χ0n) is 13.8. The molecule has 0 heterocycles. The number of thiol groups is 1. The van der Waals surface area contributed by atoms with E-state index in [1.54, 1.807) is 35.9 Å². The van der Waals surface area contributed by atoms with Gasteiger partial charge in [-0.25, -0.2) is 11.6 Å². The number of Topliss-reactive ketones (excluding diaryl/α,β-unsaturated/α-hetero) is 1. The lowest BCUT2D eigenvalue weighted by Crippen LogP contribution is -2.44. The van der Waals surface area contributed by atoms with Crippen molar-refractivity contribution in [1.29, 1.82) is 0 Å². The molecular formula is C16H24BNO3S2. The molecule has 1 amide bonds. The van der Waals surface area contributed by atoms with E-state index in [0.717, 1.165) is 5.75 Å². The molecule has 7 heteroatoms. The van der Waals surface area contributed by atoms with Crippen LogP contribution in [0.25, 0.3) is 0 Å². The Labute approximate surface area is 148 Å². The summed E-state index contributed by atoms with van der Waals surface area (Å²) in [5.74, 6) is 0.979. The van der Waals surface area contributed by atoms with Gasteiger partial charge in [0, 0.05) is 34.9 Å². The Morgan fingerprint density at radius 1 is 1.30 bits per heavy atom. The van der Waals surface area contributed by atoms with Gasteiger partial charge in [-0.1, -0.05) is 12.1 Å². The molecule has 0 aromatic heterocycles. The average molecular weight is 353 g/mol. The predicted molar refractivity (Wildman–Crippen MR) is 102 cm³/mol. The van der Waals surface area contributed by atoms with E-state index in [0.29, 0.717) is 23.3 Å². The van der Waals surface area contributed by atoms with Gasteiger partial charge in [-0.15, -0.1) is 0 Å². The van der Waals surface area contributed by atoms with Gasteiger partial charge in [-0.05, 0) is 38.2 Å². The summed E-state index contributed by atoms with van der Waals surface area (Å²) < 4.78 is 0. The molecule has 1 rings (SSSR count). The molecule has 0 aliphatic rings. The molecule has 0 radical (unpaired) electrons. The summed E-state index contributed by atoms with van der Waals surface area (Å²) in [4.78, 5) is 24.6. The van der Waals surface area contributed by atoms with Crippen molar-refractivity contribution in [3.63, 3.8) is 0 Å². The molecule has 1 atom stereocenters. The lowest BCUT2D eigenvalue weighted by atomic mass is 9.98. The smallest absolute Gasteiger partial charge is 0.251 e. The first-order valence-corrected chi connectivity index (χ1v) is 9.54. The second-order valence-corrected chi connectivity index (χ2v) is 7.36. The number of hydrogen-bond acceptors (Lipinski definition) is 5. The zero-order chi connectivity index (χ0) is 17.5. The SMILES string of the molecule is BSCC(CS)C(=O)c1ccc(C(=O)NC(C)(C)CCO)cc1. The highest BCUT2D eigenvalue weighted by atomic mass is 32.2. The molecule has 0 saturated carbocycles. The summed E-state index contributed by atoms with van der Waals surface area (Å²) in [5, 5.41) is 11.9. The van der Waals surface area contributed by atoms with Crippen molar-refractivity contribution in [2.75, 3.05) is 18.1 Å². The van der Waals surface area contributed by atoms with Crippen LogP contribution in [-0.2, 0) is 0 Å². The van der Waals surface area contributed by atoms with Crippen molar-refractivity contribution in [3.8, 4) is 0 Å². The van der Waals surface area contributed by atoms with Crippen LogP contribution in [0.2, 0.25) is 0 Å². The van der Waals surface area contributed by atoms with E-state index >= 15 is 0 Å². The molecular weight excluding hydrogens is 329 g/mol. The van der Waals surface area contributed by atoms with Gasteiger partial charge in [0.1, 0.15) is 0 Å². The summed E-state index contributed by atoms with van der Waals surface area (Å²) in [7, 11) is 1.96. The second-order valence-electron chi connectivity index (χ2n) is 6.09. The third kappa shape index (κ3) is 6.24. The van der Waals surface area contributed by atoms with E-state index in [1.165, 1.54) is 0 Å². The summed E-state index contributed by atoms with van der Waals surface area (Å²) in [6.45, 7) is 3.73. The standard InChI is InChI=1S/C16H24BNO3S2/c1-16(2,7-8-19)18-15(21)12-5-3-11(4-6-12)14(20)13(9-22)10-23-17/h3-6,13,19,22H,7-10,17H2,1-2H3,(H,18,21). The molecule has 1 aromatic rings. The molecule has 1 aromatic carbocycles. The predicted octanol–water partition coefficient (Wildman–Crippen LogP) is 1.59. The van der Waals surface area contributed by atoms with Crippen molar-refractivity contribution in [1.82, 2.24) is 5.32 Å². The summed E-state index contributed by atoms with van der Waals surface area (Å²) in [6.07, 6.45) is 0.480. The van der Waals surface area contributed by atoms with Crippen LogP contribution in [0.15, 0.2) is 24.3 Å². The molecule has 0 saturated heterocycles. The lowest BCUT2D eigenvalue weighted by molar-refractivity contribution is 0.0896. The first-order chi connectivity index (χ1) is 10.8. The largest absolute Gasteiger partial charge is 0.396 e. The highest BCUT2D eigenvalue weighted by Gasteiger charge is 2.21. The van der Waals surface area contributed by atoms with Crippen molar-refractivity contribution in [3.05, 3.63) is 35.4 Å². The zero-order valence-corrected chi connectivity index (χ0v) is 15.5. The molecule has 0 aliphatic heterocycles. The molecule has 0 fully saturated rings. The lowest BCUT2D eigenvalue weighted by Gasteiger charge is -2.25. The fourth-order valence-electron chi connectivity index (χ4n) is 2.16. The van der Waals surface area contributed by atoms with E-state index in [1.807, 2.05) is 21.0 Å². The van der Waals surface area contributed by atoms with E-state index in [2.05, 4.69) is 17.9 Å². The molecule has 0 bridgehead atoms. The highest BCUT2D eigenvalue weighted by Crippen LogP contribution is 2.16. The molecule has 126 valence electrons. The highest BCUT2D eigenvalue weighted by molar-refractivity contribution is 8.19. The number of carbonyl (C=O) groups excluding carboxylic acids is 2. The minimum Gasteiger partial charge on any atom is -0.396 e. The van der Waals surface area contributed by atoms with E-state index in [9.17, 15) is 9.59 Å². The van der Waals surface area contributed by atoms with E-state index in [4.69, 9.17) is 5.11 Å². The summed E-state index contributed by atoms with van der Waals surface area (Å²) in [6, 6.07) is 6.69. The normalized spacial score (nSPS) is 12.7. The number of benzene rings is 1. The van der Waals surface area contributed by atoms with Crippen LogP contribution in [0.5, 0.6) is 0 Å². The topological polar surface area (TPSA) is 66.4 Å². The number of ketones is 1. The molecule has 4 nitrogen and oxygen atoms in total. The van der Waals surface area contributed by atoms with E-state index < -0.39 is 5.54 Å². The van der Waals surface area contributed by atoms with Crippen molar-refractivity contribution >= 4 is 43.1 Å². The Hall–Kier alpha value is -0.915. The Morgan fingerprint density at radius 2 is 1.87 bits per heavy atom. The van der Waals surface area contributed by atoms with Crippen LogP contribution in [0.4, 0.5) is 0 Å². The maximum absolute atomic E-state index is 12.4. The Kier molecular flexibility index (Phi) is 8.22. The maximum Gasteiger partial charge on any atom is 0.251 e. The first kappa shape index (κ1) is 20.1. The van der Waals surface area contributed by atoms with Gasteiger partial charge in [0.15, 0.2) is 12.9 Å². The van der Waals surface area contributed by atoms with Gasteiger partial charge in [0.2, 0.25) is 0 Å². The average Bonchev–Trinajstić information content (AvgIpc) is 2.51. The minimum absolute atomic E-state index is 0.0152. The number of aliphatic hydroxyl groups excluding tert-OH is 1. The fourth-order valence-corrected chi connectivity index (χ4v) is 3.30. The van der Waals surface area contributed by atoms with Gasteiger partial charge in [-0.3, -0.25) is 9.59 Å². The summed E-state index contributed by atoms with van der Waals surface area (Å²) >= 11 is 5.86. The third-order valence-corrected chi connectivity index (χ3v) is 4.76. The van der Waals surface area contributed by atoms with Crippen molar-refractivity contribution in [2.24, 2.45) is 5.92 Å². The number of hydrogen-bond donors (Lipinski definition) is 3. The van der Waals surface area contributed by atoms with Crippen LogP contribution in [0.3, 0.4) is 0 Å². The third-order valence-electron chi connectivity index (χ3n) is 3.58. The molecule has 1 unspecified atom stereocenters. The maximum atomic E-state index is 12.4.